The lowest BCUT2D eigenvalue weighted by molar-refractivity contribution is 0.0627. The summed E-state index contributed by atoms with van der Waals surface area (Å²) in [4.78, 5) is 16.9. The fraction of sp³-hybridized carbons (Fsp3) is 0.278. The van der Waals surface area contributed by atoms with Crippen molar-refractivity contribution in [1.82, 2.24) is 9.80 Å². The van der Waals surface area contributed by atoms with Crippen LogP contribution in [0.1, 0.15) is 15.9 Å². The second kappa shape index (κ2) is 7.60. The van der Waals surface area contributed by atoms with Crippen LogP contribution in [-0.2, 0) is 6.54 Å². The number of carbonyl (C=O) groups excluding carboxylic acids is 1. The molecule has 0 N–H and O–H groups in total. The highest BCUT2D eigenvalue weighted by Crippen LogP contribution is 2.21. The Morgan fingerprint density at radius 3 is 2.13 bits per heavy atom. The average molecular weight is 438 g/mol. The standard InChI is InChI=1S/C18H18Br2N2O/c19-16-7-3-1-5-14(16)13-21-9-11-22(12-10-21)18(23)15-6-2-4-8-17(15)20/h1-8H,9-13H2. The summed E-state index contributed by atoms with van der Waals surface area (Å²) < 4.78 is 2.01. The van der Waals surface area contributed by atoms with Crippen molar-refractivity contribution in [2.45, 2.75) is 6.54 Å². The minimum atomic E-state index is 0.109. The molecule has 0 bridgehead atoms. The van der Waals surface area contributed by atoms with E-state index in [1.807, 2.05) is 35.2 Å². The zero-order valence-electron chi connectivity index (χ0n) is 12.7. The van der Waals surface area contributed by atoms with E-state index in [0.29, 0.717) is 0 Å². The smallest absolute Gasteiger partial charge is 0.255 e. The molecular formula is C18H18Br2N2O. The molecule has 1 aliphatic heterocycles. The summed E-state index contributed by atoms with van der Waals surface area (Å²) in [5.41, 5.74) is 2.03. The number of piperazine rings is 1. The zero-order valence-corrected chi connectivity index (χ0v) is 15.9. The normalized spacial score (nSPS) is 15.7. The van der Waals surface area contributed by atoms with Gasteiger partial charge in [0.15, 0.2) is 0 Å². The molecule has 1 fully saturated rings. The van der Waals surface area contributed by atoms with Crippen molar-refractivity contribution in [2.75, 3.05) is 26.2 Å². The van der Waals surface area contributed by atoms with E-state index in [1.54, 1.807) is 0 Å². The van der Waals surface area contributed by atoms with E-state index < -0.39 is 0 Å². The van der Waals surface area contributed by atoms with E-state index >= 15 is 0 Å². The van der Waals surface area contributed by atoms with Crippen LogP contribution in [0, 0.1) is 0 Å². The van der Waals surface area contributed by atoms with Crippen molar-refractivity contribution >= 4 is 37.8 Å². The van der Waals surface area contributed by atoms with Crippen LogP contribution in [0.15, 0.2) is 57.5 Å². The van der Waals surface area contributed by atoms with Gasteiger partial charge in [-0.1, -0.05) is 46.3 Å². The SMILES string of the molecule is O=C(c1ccccc1Br)N1CCN(Cc2ccccc2Br)CC1. The van der Waals surface area contributed by atoms with Crippen LogP contribution in [0.2, 0.25) is 0 Å². The van der Waals surface area contributed by atoms with E-state index in [4.69, 9.17) is 0 Å². The Labute approximate surface area is 153 Å². The first kappa shape index (κ1) is 16.7. The third-order valence-corrected chi connectivity index (χ3v) is 5.58. The summed E-state index contributed by atoms with van der Waals surface area (Å²) in [7, 11) is 0. The van der Waals surface area contributed by atoms with Crippen LogP contribution in [0.4, 0.5) is 0 Å². The predicted octanol–water partition coefficient (Wildman–Crippen LogP) is 4.17. The van der Waals surface area contributed by atoms with Crippen molar-refractivity contribution in [1.29, 1.82) is 0 Å². The Hall–Kier alpha value is -1.17. The molecule has 5 heteroatoms. The van der Waals surface area contributed by atoms with Crippen molar-refractivity contribution in [2.24, 2.45) is 0 Å². The topological polar surface area (TPSA) is 23.6 Å². The highest BCUT2D eigenvalue weighted by molar-refractivity contribution is 9.10. The van der Waals surface area contributed by atoms with E-state index in [9.17, 15) is 4.79 Å². The number of halogens is 2. The number of nitrogens with zero attached hydrogens (tertiary/aromatic N) is 2. The van der Waals surface area contributed by atoms with E-state index in [2.05, 4.69) is 55.0 Å². The number of hydrogen-bond acceptors (Lipinski definition) is 2. The lowest BCUT2D eigenvalue weighted by Crippen LogP contribution is -2.48. The van der Waals surface area contributed by atoms with Gasteiger partial charge in [0.1, 0.15) is 0 Å². The first-order valence-electron chi connectivity index (χ1n) is 7.65. The Balaban J connectivity index is 1.59. The van der Waals surface area contributed by atoms with Gasteiger partial charge in [-0.2, -0.15) is 0 Å². The Morgan fingerprint density at radius 1 is 0.870 bits per heavy atom. The molecule has 1 amide bonds. The van der Waals surface area contributed by atoms with Crippen molar-refractivity contribution in [3.63, 3.8) is 0 Å². The van der Waals surface area contributed by atoms with Gasteiger partial charge >= 0.3 is 0 Å². The molecule has 0 aliphatic carbocycles. The number of rotatable bonds is 3. The van der Waals surface area contributed by atoms with Crippen molar-refractivity contribution in [3.05, 3.63) is 68.6 Å². The van der Waals surface area contributed by atoms with Crippen molar-refractivity contribution < 1.29 is 4.79 Å². The number of hydrogen-bond donors (Lipinski definition) is 0. The maximum Gasteiger partial charge on any atom is 0.255 e. The number of carbonyl (C=O) groups is 1. The third-order valence-electron chi connectivity index (χ3n) is 4.12. The van der Waals surface area contributed by atoms with Crippen LogP contribution in [0.5, 0.6) is 0 Å². The fourth-order valence-corrected chi connectivity index (χ4v) is 3.65. The summed E-state index contributed by atoms with van der Waals surface area (Å²) in [5.74, 6) is 0.109. The van der Waals surface area contributed by atoms with Gasteiger partial charge < -0.3 is 4.90 Å². The minimum absolute atomic E-state index is 0.109. The Kier molecular flexibility index (Phi) is 5.51. The van der Waals surface area contributed by atoms with E-state index in [-0.39, 0.29) is 5.91 Å². The highest BCUT2D eigenvalue weighted by atomic mass is 79.9. The van der Waals surface area contributed by atoms with E-state index in [0.717, 1.165) is 47.2 Å². The van der Waals surface area contributed by atoms with Crippen LogP contribution < -0.4 is 0 Å². The molecule has 0 spiro atoms. The molecule has 0 atom stereocenters. The Bertz CT molecular complexity index is 697. The first-order valence-corrected chi connectivity index (χ1v) is 9.23. The molecule has 1 saturated heterocycles. The van der Waals surface area contributed by atoms with Gasteiger partial charge in [0.05, 0.1) is 5.56 Å². The zero-order chi connectivity index (χ0) is 16.2. The highest BCUT2D eigenvalue weighted by Gasteiger charge is 2.23. The predicted molar refractivity (Wildman–Crippen MR) is 99.5 cm³/mol. The van der Waals surface area contributed by atoms with Gasteiger partial charge in [-0.3, -0.25) is 9.69 Å². The fourth-order valence-electron chi connectivity index (χ4n) is 2.78. The average Bonchev–Trinajstić information content (AvgIpc) is 2.57. The molecule has 2 aromatic rings. The number of amides is 1. The maximum atomic E-state index is 12.6. The van der Waals surface area contributed by atoms with Crippen molar-refractivity contribution in [3.8, 4) is 0 Å². The second-order valence-corrected chi connectivity index (χ2v) is 7.35. The molecule has 0 aromatic heterocycles. The molecule has 0 radical (unpaired) electrons. The van der Waals surface area contributed by atoms with Gasteiger partial charge in [-0.25, -0.2) is 0 Å². The summed E-state index contributed by atoms with van der Waals surface area (Å²) >= 11 is 7.06. The molecule has 0 saturated carbocycles. The van der Waals surface area contributed by atoms with Gasteiger partial charge in [0.25, 0.3) is 5.91 Å². The van der Waals surface area contributed by atoms with E-state index in [1.165, 1.54) is 5.56 Å². The molecule has 1 aliphatic rings. The lowest BCUT2D eigenvalue weighted by atomic mass is 10.1. The van der Waals surface area contributed by atoms with Crippen LogP contribution in [0.25, 0.3) is 0 Å². The summed E-state index contributed by atoms with van der Waals surface area (Å²) in [6.07, 6.45) is 0. The molecule has 1 heterocycles. The molecule has 3 nitrogen and oxygen atoms in total. The monoisotopic (exact) mass is 436 g/mol. The molecule has 2 aromatic carbocycles. The summed E-state index contributed by atoms with van der Waals surface area (Å²) in [6.45, 7) is 4.25. The van der Waals surface area contributed by atoms with Crippen LogP contribution in [-0.4, -0.2) is 41.9 Å². The third kappa shape index (κ3) is 4.03. The second-order valence-electron chi connectivity index (χ2n) is 5.64. The lowest BCUT2D eigenvalue weighted by Gasteiger charge is -2.35. The minimum Gasteiger partial charge on any atom is -0.336 e. The summed E-state index contributed by atoms with van der Waals surface area (Å²) in [5, 5.41) is 0. The molecule has 0 unspecified atom stereocenters. The summed E-state index contributed by atoms with van der Waals surface area (Å²) in [6, 6.07) is 15.9. The first-order chi connectivity index (χ1) is 11.1. The van der Waals surface area contributed by atoms with Crippen LogP contribution >= 0.6 is 31.9 Å². The molecular weight excluding hydrogens is 420 g/mol. The van der Waals surface area contributed by atoms with Gasteiger partial charge in [0.2, 0.25) is 0 Å². The Morgan fingerprint density at radius 2 is 1.48 bits per heavy atom. The largest absolute Gasteiger partial charge is 0.336 e. The molecule has 23 heavy (non-hydrogen) atoms. The molecule has 3 rings (SSSR count). The maximum absolute atomic E-state index is 12.6. The quantitative estimate of drug-likeness (QED) is 0.719. The van der Waals surface area contributed by atoms with Gasteiger partial charge in [-0.15, -0.1) is 0 Å². The van der Waals surface area contributed by atoms with Gasteiger partial charge in [-0.05, 0) is 39.7 Å². The van der Waals surface area contributed by atoms with Crippen LogP contribution in [0.3, 0.4) is 0 Å². The molecule has 120 valence electrons. The van der Waals surface area contributed by atoms with Gasteiger partial charge in [0, 0.05) is 41.7 Å². The number of benzene rings is 2.